The lowest BCUT2D eigenvalue weighted by Gasteiger charge is -2.31. The molecule has 1 aliphatic rings. The maximum absolute atomic E-state index is 9.66. The number of β-amino-alcohol motifs (C(OH)–C–C–N with tert-alkyl or cyclic N) is 1. The van der Waals surface area contributed by atoms with E-state index in [1.807, 2.05) is 4.90 Å². The summed E-state index contributed by atoms with van der Waals surface area (Å²) in [6, 6.07) is 1.68. The predicted molar refractivity (Wildman–Crippen MR) is 71.3 cm³/mol. The fraction of sp³-hybridized carbons (Fsp3) is 0.545. The van der Waals surface area contributed by atoms with Gasteiger partial charge in [-0.05, 0) is 18.9 Å². The van der Waals surface area contributed by atoms with Gasteiger partial charge in [0.1, 0.15) is 11.6 Å². The molecule has 2 heterocycles. The number of anilines is 2. The molecule has 17 heavy (non-hydrogen) atoms. The molecule has 0 spiro atoms. The standard InChI is InChI=1S/C11H15Cl2N3O/c1-14-10-8(12)5-9(13)11(15-10)16-4-2-3-7(17)6-16/h5,7,17H,2-4,6H2,1H3,(H,14,15). The van der Waals surface area contributed by atoms with Gasteiger partial charge in [0, 0.05) is 20.1 Å². The molecule has 1 atom stereocenters. The van der Waals surface area contributed by atoms with Crippen LogP contribution in [0.1, 0.15) is 12.8 Å². The van der Waals surface area contributed by atoms with Crippen molar-refractivity contribution in [3.8, 4) is 0 Å². The zero-order chi connectivity index (χ0) is 12.4. The number of aliphatic hydroxyl groups is 1. The zero-order valence-corrected chi connectivity index (χ0v) is 11.1. The van der Waals surface area contributed by atoms with E-state index < -0.39 is 0 Å². The van der Waals surface area contributed by atoms with Crippen LogP contribution in [0.25, 0.3) is 0 Å². The third kappa shape index (κ3) is 2.76. The molecule has 94 valence electrons. The van der Waals surface area contributed by atoms with E-state index in [0.29, 0.717) is 28.2 Å². The second-order valence-corrected chi connectivity index (χ2v) is 4.93. The topological polar surface area (TPSA) is 48.4 Å². The van der Waals surface area contributed by atoms with Crippen molar-refractivity contribution in [2.24, 2.45) is 0 Å². The molecule has 0 saturated carbocycles. The summed E-state index contributed by atoms with van der Waals surface area (Å²) in [7, 11) is 1.76. The Bertz CT molecular complexity index is 414. The van der Waals surface area contributed by atoms with Gasteiger partial charge in [-0.2, -0.15) is 0 Å². The van der Waals surface area contributed by atoms with Gasteiger partial charge in [0.15, 0.2) is 0 Å². The van der Waals surface area contributed by atoms with E-state index in [0.717, 1.165) is 19.4 Å². The van der Waals surface area contributed by atoms with Gasteiger partial charge in [0.25, 0.3) is 0 Å². The van der Waals surface area contributed by atoms with Gasteiger partial charge < -0.3 is 15.3 Å². The third-order valence-corrected chi connectivity index (χ3v) is 3.41. The Balaban J connectivity index is 2.30. The number of aromatic nitrogens is 1. The molecule has 1 aromatic rings. The Hall–Kier alpha value is -0.710. The number of hydrogen-bond acceptors (Lipinski definition) is 4. The Morgan fingerprint density at radius 2 is 2.24 bits per heavy atom. The average Bonchev–Trinajstić information content (AvgIpc) is 2.29. The number of piperidine rings is 1. The smallest absolute Gasteiger partial charge is 0.150 e. The Kier molecular flexibility index (Phi) is 3.97. The highest BCUT2D eigenvalue weighted by Crippen LogP contribution is 2.32. The number of aliphatic hydroxyl groups excluding tert-OH is 1. The summed E-state index contributed by atoms with van der Waals surface area (Å²) in [5, 5.41) is 13.6. The summed E-state index contributed by atoms with van der Waals surface area (Å²) in [6.07, 6.45) is 1.47. The summed E-state index contributed by atoms with van der Waals surface area (Å²) in [5.74, 6) is 1.28. The molecular weight excluding hydrogens is 261 g/mol. The lowest BCUT2D eigenvalue weighted by molar-refractivity contribution is 0.154. The molecular formula is C11H15Cl2N3O. The van der Waals surface area contributed by atoms with Gasteiger partial charge in [-0.3, -0.25) is 0 Å². The van der Waals surface area contributed by atoms with Crippen LogP contribution in [0.2, 0.25) is 10.0 Å². The normalized spacial score (nSPS) is 20.5. The first-order valence-electron chi connectivity index (χ1n) is 5.58. The molecule has 0 aromatic carbocycles. The summed E-state index contributed by atoms with van der Waals surface area (Å²) in [5.41, 5.74) is 0. The number of nitrogens with zero attached hydrogens (tertiary/aromatic N) is 2. The van der Waals surface area contributed by atoms with E-state index in [2.05, 4.69) is 10.3 Å². The van der Waals surface area contributed by atoms with Crippen LogP contribution >= 0.6 is 23.2 Å². The fourth-order valence-corrected chi connectivity index (χ4v) is 2.57. The number of pyridine rings is 1. The molecule has 1 fully saturated rings. The van der Waals surface area contributed by atoms with Crippen LogP contribution in [0, 0.1) is 0 Å². The Labute approximate surface area is 111 Å². The molecule has 0 aliphatic carbocycles. The minimum Gasteiger partial charge on any atom is -0.391 e. The van der Waals surface area contributed by atoms with Crippen LogP contribution in [0.5, 0.6) is 0 Å². The lowest BCUT2D eigenvalue weighted by atomic mass is 10.1. The van der Waals surface area contributed by atoms with Crippen molar-refractivity contribution in [2.45, 2.75) is 18.9 Å². The number of hydrogen-bond donors (Lipinski definition) is 2. The molecule has 2 rings (SSSR count). The van der Waals surface area contributed by atoms with Gasteiger partial charge in [-0.1, -0.05) is 23.2 Å². The Morgan fingerprint density at radius 3 is 2.88 bits per heavy atom. The number of rotatable bonds is 2. The first kappa shape index (κ1) is 12.7. The third-order valence-electron chi connectivity index (χ3n) is 2.84. The quantitative estimate of drug-likeness (QED) is 0.870. The van der Waals surface area contributed by atoms with E-state index >= 15 is 0 Å². The zero-order valence-electron chi connectivity index (χ0n) is 9.58. The number of halogens is 2. The monoisotopic (exact) mass is 275 g/mol. The van der Waals surface area contributed by atoms with Crippen LogP contribution in [-0.4, -0.2) is 36.3 Å². The minimum atomic E-state index is -0.310. The summed E-state index contributed by atoms with van der Waals surface area (Å²) in [6.45, 7) is 1.42. The summed E-state index contributed by atoms with van der Waals surface area (Å²) >= 11 is 12.1. The van der Waals surface area contributed by atoms with Crippen molar-refractivity contribution in [2.75, 3.05) is 30.4 Å². The van der Waals surface area contributed by atoms with Crippen molar-refractivity contribution in [1.82, 2.24) is 4.98 Å². The molecule has 2 N–H and O–H groups in total. The molecule has 1 saturated heterocycles. The highest BCUT2D eigenvalue weighted by atomic mass is 35.5. The van der Waals surface area contributed by atoms with Crippen LogP contribution < -0.4 is 10.2 Å². The molecule has 6 heteroatoms. The van der Waals surface area contributed by atoms with Crippen molar-refractivity contribution in [3.63, 3.8) is 0 Å². The van der Waals surface area contributed by atoms with Crippen LogP contribution in [-0.2, 0) is 0 Å². The highest BCUT2D eigenvalue weighted by molar-refractivity contribution is 6.37. The maximum Gasteiger partial charge on any atom is 0.150 e. The largest absolute Gasteiger partial charge is 0.391 e. The first-order valence-corrected chi connectivity index (χ1v) is 6.34. The van der Waals surface area contributed by atoms with Crippen molar-refractivity contribution >= 4 is 34.8 Å². The van der Waals surface area contributed by atoms with Gasteiger partial charge >= 0.3 is 0 Å². The second kappa shape index (κ2) is 5.29. The minimum absolute atomic E-state index is 0.310. The molecule has 1 aliphatic heterocycles. The second-order valence-electron chi connectivity index (χ2n) is 4.12. The fourth-order valence-electron chi connectivity index (χ4n) is 2.00. The SMILES string of the molecule is CNc1nc(N2CCCC(O)C2)c(Cl)cc1Cl. The first-order chi connectivity index (χ1) is 8.11. The highest BCUT2D eigenvalue weighted by Gasteiger charge is 2.21. The van der Waals surface area contributed by atoms with Crippen molar-refractivity contribution in [3.05, 3.63) is 16.1 Å². The summed E-state index contributed by atoms with van der Waals surface area (Å²) < 4.78 is 0. The predicted octanol–water partition coefficient (Wildman–Crippen LogP) is 2.39. The van der Waals surface area contributed by atoms with Gasteiger partial charge in [-0.15, -0.1) is 0 Å². The van der Waals surface area contributed by atoms with E-state index in [9.17, 15) is 5.11 Å². The average molecular weight is 276 g/mol. The lowest BCUT2D eigenvalue weighted by Crippen LogP contribution is -2.38. The van der Waals surface area contributed by atoms with E-state index in [1.165, 1.54) is 0 Å². The van der Waals surface area contributed by atoms with Gasteiger partial charge in [0.05, 0.1) is 16.1 Å². The number of nitrogens with one attached hydrogen (secondary N) is 1. The molecule has 0 bridgehead atoms. The van der Waals surface area contributed by atoms with Crippen LogP contribution in [0.15, 0.2) is 6.07 Å². The van der Waals surface area contributed by atoms with E-state index in [-0.39, 0.29) is 6.10 Å². The van der Waals surface area contributed by atoms with Crippen molar-refractivity contribution < 1.29 is 5.11 Å². The molecule has 4 nitrogen and oxygen atoms in total. The maximum atomic E-state index is 9.66. The van der Waals surface area contributed by atoms with Gasteiger partial charge in [-0.25, -0.2) is 4.98 Å². The molecule has 1 unspecified atom stereocenters. The van der Waals surface area contributed by atoms with E-state index in [1.54, 1.807) is 13.1 Å². The van der Waals surface area contributed by atoms with Crippen molar-refractivity contribution in [1.29, 1.82) is 0 Å². The molecule has 0 amide bonds. The Morgan fingerprint density at radius 1 is 1.47 bits per heavy atom. The van der Waals surface area contributed by atoms with Gasteiger partial charge in [0.2, 0.25) is 0 Å². The van der Waals surface area contributed by atoms with Crippen LogP contribution in [0.4, 0.5) is 11.6 Å². The van der Waals surface area contributed by atoms with E-state index in [4.69, 9.17) is 23.2 Å². The molecule has 1 aromatic heterocycles. The molecule has 0 radical (unpaired) electrons. The van der Waals surface area contributed by atoms with Crippen LogP contribution in [0.3, 0.4) is 0 Å². The summed E-state index contributed by atoms with van der Waals surface area (Å²) in [4.78, 5) is 6.38.